The van der Waals surface area contributed by atoms with Crippen LogP contribution in [-0.4, -0.2) is 40.2 Å². The van der Waals surface area contributed by atoms with E-state index in [1.807, 2.05) is 0 Å². The minimum atomic E-state index is -4.49. The van der Waals surface area contributed by atoms with Gasteiger partial charge in [-0.3, -0.25) is 9.69 Å². The van der Waals surface area contributed by atoms with Gasteiger partial charge in [0.05, 0.1) is 13.1 Å². The van der Waals surface area contributed by atoms with Crippen LogP contribution in [0, 0.1) is 11.3 Å². The molecule has 1 rings (SSSR count). The molecule has 0 bridgehead atoms. The van der Waals surface area contributed by atoms with Gasteiger partial charge in [-0.2, -0.15) is 18.4 Å². The molecule has 1 aromatic heterocycles. The van der Waals surface area contributed by atoms with Crippen LogP contribution in [0.1, 0.15) is 11.3 Å². The Kier molecular flexibility index (Phi) is 4.83. The Morgan fingerprint density at radius 1 is 1.53 bits per heavy atom. The normalized spacial score (nSPS) is 11.3. The summed E-state index contributed by atoms with van der Waals surface area (Å²) in [4.78, 5) is 15.0. The smallest absolute Gasteiger partial charge is 0.401 e. The number of nitriles is 1. The van der Waals surface area contributed by atoms with Crippen molar-refractivity contribution < 1.29 is 23.1 Å². The lowest BCUT2D eigenvalue weighted by atomic mass is 10.2. The summed E-state index contributed by atoms with van der Waals surface area (Å²) in [6, 6.07) is 4.52. The van der Waals surface area contributed by atoms with Crippen LogP contribution >= 0.6 is 0 Å². The van der Waals surface area contributed by atoms with E-state index in [1.54, 1.807) is 6.07 Å². The van der Waals surface area contributed by atoms with E-state index in [4.69, 9.17) is 10.4 Å². The first-order chi connectivity index (χ1) is 8.80. The molecule has 0 unspecified atom stereocenters. The minimum Gasteiger partial charge on any atom is -0.480 e. The fraction of sp³-hybridized carbons (Fsp3) is 0.364. The quantitative estimate of drug-likeness (QED) is 0.877. The number of pyridine rings is 1. The van der Waals surface area contributed by atoms with Crippen LogP contribution in [0.5, 0.6) is 0 Å². The van der Waals surface area contributed by atoms with Gasteiger partial charge in [-0.05, 0) is 17.7 Å². The highest BCUT2D eigenvalue weighted by atomic mass is 19.4. The summed E-state index contributed by atoms with van der Waals surface area (Å²) in [6.45, 7) is -2.28. The molecule has 102 valence electrons. The first kappa shape index (κ1) is 14.9. The second kappa shape index (κ2) is 6.15. The summed E-state index contributed by atoms with van der Waals surface area (Å²) in [5.41, 5.74) is 0.469. The van der Waals surface area contributed by atoms with Crippen molar-refractivity contribution in [1.82, 2.24) is 9.88 Å². The van der Waals surface area contributed by atoms with Crippen molar-refractivity contribution in [2.24, 2.45) is 0 Å². The molecule has 1 N–H and O–H groups in total. The molecule has 1 heterocycles. The molecule has 8 heteroatoms. The van der Waals surface area contributed by atoms with Crippen LogP contribution in [0.2, 0.25) is 0 Å². The predicted octanol–water partition coefficient (Wildman–Crippen LogP) is 1.40. The fourth-order valence-electron chi connectivity index (χ4n) is 1.50. The number of hydrogen-bond acceptors (Lipinski definition) is 4. The number of alkyl halides is 3. The Balaban J connectivity index is 2.81. The van der Waals surface area contributed by atoms with Gasteiger partial charge < -0.3 is 5.11 Å². The maximum absolute atomic E-state index is 12.3. The van der Waals surface area contributed by atoms with Gasteiger partial charge in [0, 0.05) is 12.7 Å². The Morgan fingerprint density at radius 3 is 2.74 bits per heavy atom. The molecule has 0 saturated carbocycles. The van der Waals surface area contributed by atoms with E-state index >= 15 is 0 Å². The lowest BCUT2D eigenvalue weighted by molar-refractivity contribution is -0.154. The minimum absolute atomic E-state index is 0.0692. The SMILES string of the molecule is N#Cc1cc(CN(CC(=O)O)CC(F)(F)F)ccn1. The van der Waals surface area contributed by atoms with Crippen LogP contribution < -0.4 is 0 Å². The number of halogens is 3. The monoisotopic (exact) mass is 273 g/mol. The number of rotatable bonds is 5. The summed E-state index contributed by atoms with van der Waals surface area (Å²) in [6.07, 6.45) is -3.19. The zero-order valence-electron chi connectivity index (χ0n) is 9.68. The number of carboxylic acid groups (broad SMARTS) is 1. The van der Waals surface area contributed by atoms with E-state index < -0.39 is 25.2 Å². The molecule has 0 amide bonds. The summed E-state index contributed by atoms with van der Waals surface area (Å²) in [5.74, 6) is -1.35. The first-order valence-electron chi connectivity index (χ1n) is 5.16. The molecule has 1 aromatic rings. The van der Waals surface area contributed by atoms with Gasteiger partial charge in [0.15, 0.2) is 0 Å². The molecular formula is C11H10F3N3O2. The standard InChI is InChI=1S/C11H10F3N3O2/c12-11(13,14)7-17(6-10(18)19)5-8-1-2-16-9(3-8)4-15/h1-3H,5-7H2,(H,18,19). The molecule has 0 aliphatic carbocycles. The first-order valence-corrected chi connectivity index (χ1v) is 5.16. The zero-order chi connectivity index (χ0) is 14.5. The van der Waals surface area contributed by atoms with Crippen LogP contribution in [0.15, 0.2) is 18.3 Å². The fourth-order valence-corrected chi connectivity index (χ4v) is 1.50. The van der Waals surface area contributed by atoms with Crippen molar-refractivity contribution in [2.75, 3.05) is 13.1 Å². The van der Waals surface area contributed by atoms with Crippen molar-refractivity contribution in [3.05, 3.63) is 29.6 Å². The molecule has 0 spiro atoms. The third-order valence-corrected chi connectivity index (χ3v) is 2.11. The van der Waals surface area contributed by atoms with Gasteiger partial charge in [-0.1, -0.05) is 0 Å². The summed E-state index contributed by atoms with van der Waals surface area (Å²) in [7, 11) is 0. The third-order valence-electron chi connectivity index (χ3n) is 2.11. The molecule has 0 radical (unpaired) electrons. The van der Waals surface area contributed by atoms with E-state index in [0.717, 1.165) is 4.90 Å². The van der Waals surface area contributed by atoms with Gasteiger partial charge >= 0.3 is 12.1 Å². The molecule has 0 aliphatic heterocycles. The Hall–Kier alpha value is -2.14. The van der Waals surface area contributed by atoms with Crippen LogP contribution in [0.4, 0.5) is 13.2 Å². The highest BCUT2D eigenvalue weighted by molar-refractivity contribution is 5.69. The Morgan fingerprint density at radius 2 is 2.21 bits per heavy atom. The summed E-state index contributed by atoms with van der Waals surface area (Å²) in [5, 5.41) is 17.2. The highest BCUT2D eigenvalue weighted by Gasteiger charge is 2.31. The van der Waals surface area contributed by atoms with E-state index in [-0.39, 0.29) is 12.2 Å². The van der Waals surface area contributed by atoms with Crippen molar-refractivity contribution in [1.29, 1.82) is 5.26 Å². The Bertz CT molecular complexity index is 497. The lowest BCUT2D eigenvalue weighted by Crippen LogP contribution is -2.37. The molecular weight excluding hydrogens is 263 g/mol. The van der Waals surface area contributed by atoms with Gasteiger partial charge in [0.25, 0.3) is 0 Å². The van der Waals surface area contributed by atoms with E-state index in [0.29, 0.717) is 5.56 Å². The predicted molar refractivity (Wildman–Crippen MR) is 57.9 cm³/mol. The Labute approximate surface area is 106 Å². The van der Waals surface area contributed by atoms with Crippen LogP contribution in [-0.2, 0) is 11.3 Å². The highest BCUT2D eigenvalue weighted by Crippen LogP contribution is 2.18. The molecule has 19 heavy (non-hydrogen) atoms. The van der Waals surface area contributed by atoms with Crippen LogP contribution in [0.25, 0.3) is 0 Å². The zero-order valence-corrected chi connectivity index (χ0v) is 9.68. The number of aliphatic carboxylic acids is 1. The van der Waals surface area contributed by atoms with Crippen molar-refractivity contribution in [3.8, 4) is 6.07 Å². The number of carbonyl (C=O) groups is 1. The van der Waals surface area contributed by atoms with Gasteiger partial charge in [0.2, 0.25) is 0 Å². The topological polar surface area (TPSA) is 77.2 Å². The largest absolute Gasteiger partial charge is 0.480 e. The number of hydrogen-bond donors (Lipinski definition) is 1. The van der Waals surface area contributed by atoms with E-state index in [1.165, 1.54) is 18.3 Å². The average Bonchev–Trinajstić information content (AvgIpc) is 2.26. The van der Waals surface area contributed by atoms with Gasteiger partial charge in [-0.15, -0.1) is 0 Å². The van der Waals surface area contributed by atoms with E-state index in [2.05, 4.69) is 4.98 Å². The maximum Gasteiger partial charge on any atom is 0.401 e. The summed E-state index contributed by atoms with van der Waals surface area (Å²) < 4.78 is 36.9. The van der Waals surface area contributed by atoms with Crippen molar-refractivity contribution in [2.45, 2.75) is 12.7 Å². The number of carboxylic acids is 1. The number of nitrogens with zero attached hydrogens (tertiary/aromatic N) is 3. The molecule has 0 atom stereocenters. The van der Waals surface area contributed by atoms with Gasteiger partial charge in [-0.25, -0.2) is 4.98 Å². The van der Waals surface area contributed by atoms with Gasteiger partial charge in [0.1, 0.15) is 11.8 Å². The third kappa shape index (κ3) is 5.83. The summed E-state index contributed by atoms with van der Waals surface area (Å²) >= 11 is 0. The molecule has 0 fully saturated rings. The second-order valence-corrected chi connectivity index (χ2v) is 3.82. The molecule has 0 aliphatic rings. The van der Waals surface area contributed by atoms with Crippen LogP contribution in [0.3, 0.4) is 0 Å². The molecule has 0 aromatic carbocycles. The second-order valence-electron chi connectivity index (χ2n) is 3.82. The molecule has 5 nitrogen and oxygen atoms in total. The van der Waals surface area contributed by atoms with E-state index in [9.17, 15) is 18.0 Å². The number of aromatic nitrogens is 1. The molecule has 0 saturated heterocycles. The maximum atomic E-state index is 12.3. The van der Waals surface area contributed by atoms with Crippen molar-refractivity contribution >= 4 is 5.97 Å². The lowest BCUT2D eigenvalue weighted by Gasteiger charge is -2.21. The average molecular weight is 273 g/mol. The van der Waals surface area contributed by atoms with Crippen molar-refractivity contribution in [3.63, 3.8) is 0 Å².